The Morgan fingerprint density at radius 1 is 1.32 bits per heavy atom. The lowest BCUT2D eigenvalue weighted by Crippen LogP contribution is -2.24. The molecule has 0 bridgehead atoms. The van der Waals surface area contributed by atoms with Crippen LogP contribution in [0.2, 0.25) is 0 Å². The normalized spacial score (nSPS) is 12.2. The Kier molecular flexibility index (Phi) is 6.94. The number of nitrogens with zero attached hydrogens (tertiary/aromatic N) is 2. The highest BCUT2D eigenvalue weighted by Crippen LogP contribution is 2.17. The molecular weight excluding hydrogens is 238 g/mol. The lowest BCUT2D eigenvalue weighted by molar-refractivity contribution is 0.340. The minimum atomic E-state index is -0.252. The van der Waals surface area contributed by atoms with Crippen LogP contribution < -0.4 is 10.1 Å². The van der Waals surface area contributed by atoms with Gasteiger partial charge in [-0.25, -0.2) is 0 Å². The van der Waals surface area contributed by atoms with Crippen molar-refractivity contribution < 1.29 is 4.74 Å². The molecule has 0 fully saturated rings. The third kappa shape index (κ3) is 5.73. The van der Waals surface area contributed by atoms with E-state index in [2.05, 4.69) is 16.3 Å². The van der Waals surface area contributed by atoms with Crippen molar-refractivity contribution >= 4 is 0 Å². The van der Waals surface area contributed by atoms with E-state index < -0.39 is 0 Å². The molecular formula is C15H23N3O. The van der Waals surface area contributed by atoms with Gasteiger partial charge in [0.05, 0.1) is 12.7 Å². The van der Waals surface area contributed by atoms with Gasteiger partial charge in [-0.3, -0.25) is 5.32 Å². The highest BCUT2D eigenvalue weighted by molar-refractivity contribution is 5.31. The quantitative estimate of drug-likeness (QED) is 0.729. The molecule has 0 aromatic heterocycles. The molecule has 1 N–H and O–H groups in total. The van der Waals surface area contributed by atoms with E-state index in [4.69, 9.17) is 4.74 Å². The van der Waals surface area contributed by atoms with Crippen LogP contribution in [-0.4, -0.2) is 38.7 Å². The first-order chi connectivity index (χ1) is 9.17. The zero-order chi connectivity index (χ0) is 14.1. The zero-order valence-corrected chi connectivity index (χ0v) is 12.0. The van der Waals surface area contributed by atoms with Gasteiger partial charge in [-0.2, -0.15) is 5.26 Å². The number of rotatable bonds is 8. The molecule has 0 saturated heterocycles. The Bertz CT molecular complexity index is 395. The Balaban J connectivity index is 2.48. The molecule has 1 aromatic rings. The van der Waals surface area contributed by atoms with Gasteiger partial charge >= 0.3 is 0 Å². The van der Waals surface area contributed by atoms with Crippen LogP contribution in [-0.2, 0) is 0 Å². The minimum Gasteiger partial charge on any atom is -0.494 e. The molecule has 0 radical (unpaired) electrons. The van der Waals surface area contributed by atoms with E-state index in [0.29, 0.717) is 6.61 Å². The van der Waals surface area contributed by atoms with Crippen molar-refractivity contribution in [2.75, 3.05) is 33.8 Å². The van der Waals surface area contributed by atoms with E-state index in [0.717, 1.165) is 30.8 Å². The summed E-state index contributed by atoms with van der Waals surface area (Å²) < 4.78 is 5.39. The molecule has 1 unspecified atom stereocenters. The first-order valence-corrected chi connectivity index (χ1v) is 6.68. The molecule has 104 valence electrons. The first kappa shape index (κ1) is 15.5. The van der Waals surface area contributed by atoms with Crippen LogP contribution in [0.3, 0.4) is 0 Å². The van der Waals surface area contributed by atoms with Gasteiger partial charge in [0, 0.05) is 0 Å². The van der Waals surface area contributed by atoms with Crippen LogP contribution in [0, 0.1) is 11.3 Å². The topological polar surface area (TPSA) is 48.3 Å². The maximum absolute atomic E-state index is 9.21. The smallest absolute Gasteiger partial charge is 0.121 e. The number of hydrogen-bond acceptors (Lipinski definition) is 4. The number of hydrogen-bond donors (Lipinski definition) is 1. The maximum Gasteiger partial charge on any atom is 0.121 e. The molecule has 1 aromatic carbocycles. The van der Waals surface area contributed by atoms with Gasteiger partial charge in [0.1, 0.15) is 11.8 Å². The summed E-state index contributed by atoms with van der Waals surface area (Å²) in [5, 5.41) is 12.5. The van der Waals surface area contributed by atoms with E-state index >= 15 is 0 Å². The highest BCUT2D eigenvalue weighted by Gasteiger charge is 2.09. The van der Waals surface area contributed by atoms with Gasteiger partial charge in [0.25, 0.3) is 0 Å². The fourth-order valence-electron chi connectivity index (χ4n) is 1.80. The Hall–Kier alpha value is -1.57. The van der Waals surface area contributed by atoms with Gasteiger partial charge in [0.15, 0.2) is 0 Å². The van der Waals surface area contributed by atoms with Crippen LogP contribution in [0.5, 0.6) is 5.75 Å². The predicted octanol–water partition coefficient (Wildman–Crippen LogP) is 2.19. The summed E-state index contributed by atoms with van der Waals surface area (Å²) in [5.74, 6) is 0.843. The average Bonchev–Trinajstić information content (AvgIpc) is 2.40. The molecule has 0 saturated carbocycles. The third-order valence-corrected chi connectivity index (χ3v) is 2.78. The van der Waals surface area contributed by atoms with Crippen LogP contribution >= 0.6 is 0 Å². The lowest BCUT2D eigenvalue weighted by Gasteiger charge is -2.14. The van der Waals surface area contributed by atoms with Crippen molar-refractivity contribution in [3.8, 4) is 11.8 Å². The summed E-state index contributed by atoms with van der Waals surface area (Å²) in [6.07, 6.45) is 1.03. The number of ether oxygens (including phenoxy) is 1. The fraction of sp³-hybridized carbons (Fsp3) is 0.533. The lowest BCUT2D eigenvalue weighted by atomic mass is 10.1. The summed E-state index contributed by atoms with van der Waals surface area (Å²) in [6, 6.07) is 9.74. The second-order valence-electron chi connectivity index (χ2n) is 4.68. The minimum absolute atomic E-state index is 0.252. The molecule has 0 heterocycles. The predicted molar refractivity (Wildman–Crippen MR) is 77.1 cm³/mol. The maximum atomic E-state index is 9.21. The van der Waals surface area contributed by atoms with Crippen molar-refractivity contribution in [1.29, 1.82) is 5.26 Å². The van der Waals surface area contributed by atoms with Crippen molar-refractivity contribution in [2.45, 2.75) is 19.4 Å². The van der Waals surface area contributed by atoms with Crippen LogP contribution in [0.25, 0.3) is 0 Å². The molecule has 4 nitrogen and oxygen atoms in total. The van der Waals surface area contributed by atoms with Gasteiger partial charge in [-0.1, -0.05) is 12.1 Å². The largest absolute Gasteiger partial charge is 0.494 e. The van der Waals surface area contributed by atoms with E-state index in [-0.39, 0.29) is 6.04 Å². The molecule has 0 aliphatic rings. The van der Waals surface area contributed by atoms with Crippen molar-refractivity contribution in [1.82, 2.24) is 10.2 Å². The van der Waals surface area contributed by atoms with E-state index in [1.54, 1.807) is 0 Å². The van der Waals surface area contributed by atoms with E-state index in [1.165, 1.54) is 0 Å². The van der Waals surface area contributed by atoms with E-state index in [1.807, 2.05) is 45.3 Å². The van der Waals surface area contributed by atoms with Gasteiger partial charge in [-0.05, 0) is 58.2 Å². The third-order valence-electron chi connectivity index (χ3n) is 2.78. The zero-order valence-electron chi connectivity index (χ0n) is 12.0. The molecule has 0 spiro atoms. The summed E-state index contributed by atoms with van der Waals surface area (Å²) in [4.78, 5) is 2.14. The number of nitrogens with one attached hydrogen (secondary N) is 1. The highest BCUT2D eigenvalue weighted by atomic mass is 16.5. The van der Waals surface area contributed by atoms with Crippen molar-refractivity contribution in [3.63, 3.8) is 0 Å². The Labute approximate surface area is 116 Å². The summed E-state index contributed by atoms with van der Waals surface area (Å²) >= 11 is 0. The Morgan fingerprint density at radius 3 is 2.53 bits per heavy atom. The summed E-state index contributed by atoms with van der Waals surface area (Å²) in [5.41, 5.74) is 0.982. The molecule has 4 heteroatoms. The standard InChI is InChI=1S/C15H23N3O/c1-4-19-14-8-6-13(7-9-14)15(12-16)17-10-5-11-18(2)3/h6-9,15,17H,4-5,10-11H2,1-3H3. The second-order valence-corrected chi connectivity index (χ2v) is 4.68. The fourth-order valence-corrected chi connectivity index (χ4v) is 1.80. The van der Waals surface area contributed by atoms with Crippen molar-refractivity contribution in [2.24, 2.45) is 0 Å². The molecule has 1 rings (SSSR count). The van der Waals surface area contributed by atoms with Gasteiger partial charge in [0.2, 0.25) is 0 Å². The number of benzene rings is 1. The number of nitriles is 1. The molecule has 0 amide bonds. The summed E-state index contributed by atoms with van der Waals surface area (Å²) in [6.45, 7) is 4.47. The summed E-state index contributed by atoms with van der Waals surface area (Å²) in [7, 11) is 4.10. The SMILES string of the molecule is CCOc1ccc(C(C#N)NCCCN(C)C)cc1. The van der Waals surface area contributed by atoms with Crippen LogP contribution in [0.1, 0.15) is 24.9 Å². The molecule has 19 heavy (non-hydrogen) atoms. The van der Waals surface area contributed by atoms with Gasteiger partial charge < -0.3 is 9.64 Å². The first-order valence-electron chi connectivity index (χ1n) is 6.68. The van der Waals surface area contributed by atoms with Crippen LogP contribution in [0.4, 0.5) is 0 Å². The molecule has 1 atom stereocenters. The molecule has 0 aliphatic carbocycles. The Morgan fingerprint density at radius 2 is 2.00 bits per heavy atom. The van der Waals surface area contributed by atoms with E-state index in [9.17, 15) is 5.26 Å². The second kappa shape index (κ2) is 8.52. The molecule has 0 aliphatic heterocycles. The average molecular weight is 261 g/mol. The van der Waals surface area contributed by atoms with Gasteiger partial charge in [-0.15, -0.1) is 0 Å². The van der Waals surface area contributed by atoms with Crippen molar-refractivity contribution in [3.05, 3.63) is 29.8 Å². The monoisotopic (exact) mass is 261 g/mol. The van der Waals surface area contributed by atoms with Crippen LogP contribution in [0.15, 0.2) is 24.3 Å².